The Morgan fingerprint density at radius 2 is 1.20 bits per heavy atom. The summed E-state index contributed by atoms with van der Waals surface area (Å²) in [5.41, 5.74) is -0.570. The largest absolute Gasteiger partial charge is 0.481 e. The van der Waals surface area contributed by atoms with Crippen LogP contribution in [0.3, 0.4) is 0 Å². The van der Waals surface area contributed by atoms with Crippen LogP contribution in [0.2, 0.25) is 0 Å². The zero-order valence-electron chi connectivity index (χ0n) is 20.5. The predicted octanol–water partition coefficient (Wildman–Crippen LogP) is 7.94. The number of aliphatic carboxylic acids is 2. The molecule has 0 radical (unpaired) electrons. The van der Waals surface area contributed by atoms with Gasteiger partial charge in [0.25, 0.3) is 0 Å². The minimum atomic E-state index is -0.686. The lowest BCUT2D eigenvalue weighted by atomic mass is 9.64. The summed E-state index contributed by atoms with van der Waals surface area (Å²) in [5.74, 6) is -0.0712. The standard InChI is InChI=1S/C26H50O4/c1-6-26(25(29)30,20-22(4)5)23(19-21(2)3)17-15-13-11-9-7-8-10-12-14-16-18-24(27)28/h21-23H,6-20H2,1-5H3,(H,27,28)(H,29,30). The molecule has 0 saturated heterocycles. The van der Waals surface area contributed by atoms with E-state index in [0.717, 1.165) is 51.4 Å². The Bertz CT molecular complexity index is 458. The Balaban J connectivity index is 4.24. The molecular formula is C26H50O4. The number of carboxylic acid groups (broad SMARTS) is 2. The molecule has 178 valence electrons. The lowest BCUT2D eigenvalue weighted by Crippen LogP contribution is -2.40. The van der Waals surface area contributed by atoms with E-state index < -0.39 is 17.4 Å². The van der Waals surface area contributed by atoms with E-state index in [-0.39, 0.29) is 5.92 Å². The monoisotopic (exact) mass is 426 g/mol. The van der Waals surface area contributed by atoms with Crippen LogP contribution in [0.15, 0.2) is 0 Å². The van der Waals surface area contributed by atoms with Crippen LogP contribution in [-0.4, -0.2) is 22.2 Å². The van der Waals surface area contributed by atoms with Crippen LogP contribution in [0, 0.1) is 23.2 Å². The van der Waals surface area contributed by atoms with Gasteiger partial charge in [0.05, 0.1) is 5.41 Å². The number of rotatable bonds is 20. The lowest BCUT2D eigenvalue weighted by molar-refractivity contribution is -0.155. The van der Waals surface area contributed by atoms with Crippen molar-refractivity contribution < 1.29 is 19.8 Å². The summed E-state index contributed by atoms with van der Waals surface area (Å²) in [6.07, 6.45) is 15.4. The molecule has 0 aliphatic carbocycles. The molecule has 0 aliphatic rings. The van der Waals surface area contributed by atoms with E-state index in [1.54, 1.807) is 0 Å². The molecule has 2 N–H and O–H groups in total. The third-order valence-corrected chi connectivity index (χ3v) is 6.56. The van der Waals surface area contributed by atoms with Crippen LogP contribution in [0.4, 0.5) is 0 Å². The van der Waals surface area contributed by atoms with Gasteiger partial charge in [0.15, 0.2) is 0 Å². The van der Waals surface area contributed by atoms with Crippen molar-refractivity contribution in [3.63, 3.8) is 0 Å². The maximum Gasteiger partial charge on any atom is 0.309 e. The maximum atomic E-state index is 12.3. The Kier molecular flexibility index (Phi) is 16.0. The summed E-state index contributed by atoms with van der Waals surface area (Å²) in [6.45, 7) is 10.8. The molecule has 2 atom stereocenters. The van der Waals surface area contributed by atoms with Gasteiger partial charge in [-0.2, -0.15) is 0 Å². The summed E-state index contributed by atoms with van der Waals surface area (Å²) in [6, 6.07) is 0. The SMILES string of the molecule is CCC(CC(C)C)(C(=O)O)C(CCCCCCCCCCCCC(=O)O)CC(C)C. The number of hydrogen-bond donors (Lipinski definition) is 2. The highest BCUT2D eigenvalue weighted by molar-refractivity contribution is 5.75. The van der Waals surface area contributed by atoms with Gasteiger partial charge < -0.3 is 10.2 Å². The first-order chi connectivity index (χ1) is 14.2. The van der Waals surface area contributed by atoms with Crippen LogP contribution in [0.25, 0.3) is 0 Å². The van der Waals surface area contributed by atoms with Crippen molar-refractivity contribution in [3.8, 4) is 0 Å². The first kappa shape index (κ1) is 28.9. The van der Waals surface area contributed by atoms with E-state index >= 15 is 0 Å². The molecule has 4 heteroatoms. The second-order valence-electron chi connectivity index (χ2n) is 10.2. The van der Waals surface area contributed by atoms with E-state index in [9.17, 15) is 14.7 Å². The molecule has 0 heterocycles. The molecule has 0 aromatic carbocycles. The predicted molar refractivity (Wildman–Crippen MR) is 126 cm³/mol. The third kappa shape index (κ3) is 12.6. The molecule has 0 aromatic rings. The van der Waals surface area contributed by atoms with E-state index in [1.165, 1.54) is 38.5 Å². The fourth-order valence-corrected chi connectivity index (χ4v) is 5.01. The minimum Gasteiger partial charge on any atom is -0.481 e. The molecule has 0 bridgehead atoms. The normalized spacial score (nSPS) is 14.8. The van der Waals surface area contributed by atoms with Crippen molar-refractivity contribution >= 4 is 11.9 Å². The first-order valence-electron chi connectivity index (χ1n) is 12.6. The second kappa shape index (κ2) is 16.6. The first-order valence-corrected chi connectivity index (χ1v) is 12.6. The van der Waals surface area contributed by atoms with Crippen molar-refractivity contribution in [2.75, 3.05) is 0 Å². The van der Waals surface area contributed by atoms with Gasteiger partial charge in [-0.25, -0.2) is 0 Å². The molecule has 2 unspecified atom stereocenters. The molecule has 0 amide bonds. The molecular weight excluding hydrogens is 376 g/mol. The molecule has 0 rings (SSSR count). The Morgan fingerprint density at radius 1 is 0.733 bits per heavy atom. The Labute approximate surface area is 186 Å². The van der Waals surface area contributed by atoms with Crippen molar-refractivity contribution in [3.05, 3.63) is 0 Å². The van der Waals surface area contributed by atoms with E-state index in [4.69, 9.17) is 5.11 Å². The number of carbonyl (C=O) groups is 2. The molecule has 0 saturated carbocycles. The Hall–Kier alpha value is -1.06. The minimum absolute atomic E-state index is 0.271. The number of unbranched alkanes of at least 4 members (excludes halogenated alkanes) is 9. The quantitative estimate of drug-likeness (QED) is 0.194. The Morgan fingerprint density at radius 3 is 1.57 bits per heavy atom. The van der Waals surface area contributed by atoms with E-state index in [1.807, 2.05) is 0 Å². The van der Waals surface area contributed by atoms with Crippen LogP contribution in [0.1, 0.15) is 131 Å². The van der Waals surface area contributed by atoms with E-state index in [0.29, 0.717) is 18.3 Å². The van der Waals surface area contributed by atoms with Gasteiger partial charge in [-0.1, -0.05) is 92.4 Å². The average molecular weight is 427 g/mol. The van der Waals surface area contributed by atoms with Gasteiger partial charge in [-0.3, -0.25) is 9.59 Å². The summed E-state index contributed by atoms with van der Waals surface area (Å²) in [4.78, 5) is 22.8. The van der Waals surface area contributed by atoms with Gasteiger partial charge in [-0.15, -0.1) is 0 Å². The van der Waals surface area contributed by atoms with Crippen LogP contribution in [-0.2, 0) is 9.59 Å². The van der Waals surface area contributed by atoms with Gasteiger partial charge in [0.2, 0.25) is 0 Å². The molecule has 30 heavy (non-hydrogen) atoms. The smallest absolute Gasteiger partial charge is 0.309 e. The highest BCUT2D eigenvalue weighted by Gasteiger charge is 2.44. The molecule has 4 nitrogen and oxygen atoms in total. The summed E-state index contributed by atoms with van der Waals surface area (Å²) >= 11 is 0. The average Bonchev–Trinajstić information content (AvgIpc) is 2.65. The second-order valence-corrected chi connectivity index (χ2v) is 10.2. The highest BCUT2D eigenvalue weighted by Crippen LogP contribution is 2.44. The van der Waals surface area contributed by atoms with Crippen molar-refractivity contribution in [1.82, 2.24) is 0 Å². The fourth-order valence-electron chi connectivity index (χ4n) is 5.01. The van der Waals surface area contributed by atoms with Gasteiger partial charge in [0, 0.05) is 6.42 Å². The van der Waals surface area contributed by atoms with Crippen molar-refractivity contribution in [1.29, 1.82) is 0 Å². The topological polar surface area (TPSA) is 74.6 Å². The zero-order valence-corrected chi connectivity index (χ0v) is 20.5. The molecule has 0 aliphatic heterocycles. The molecule has 0 aromatic heterocycles. The lowest BCUT2D eigenvalue weighted by Gasteiger charge is -2.39. The van der Waals surface area contributed by atoms with Crippen molar-refractivity contribution in [2.24, 2.45) is 23.2 Å². The fraction of sp³-hybridized carbons (Fsp3) is 0.923. The number of carboxylic acids is 2. The highest BCUT2D eigenvalue weighted by atomic mass is 16.4. The number of hydrogen-bond acceptors (Lipinski definition) is 2. The summed E-state index contributed by atoms with van der Waals surface area (Å²) in [5, 5.41) is 18.8. The molecule has 0 spiro atoms. The van der Waals surface area contributed by atoms with Crippen LogP contribution < -0.4 is 0 Å². The maximum absolute atomic E-state index is 12.3. The van der Waals surface area contributed by atoms with E-state index in [2.05, 4.69) is 34.6 Å². The zero-order chi connectivity index (χ0) is 23.0. The van der Waals surface area contributed by atoms with Gasteiger partial charge in [0.1, 0.15) is 0 Å². The summed E-state index contributed by atoms with van der Waals surface area (Å²) < 4.78 is 0. The van der Waals surface area contributed by atoms with Crippen LogP contribution >= 0.6 is 0 Å². The van der Waals surface area contributed by atoms with Gasteiger partial charge in [-0.05, 0) is 49.9 Å². The third-order valence-electron chi connectivity index (χ3n) is 6.56. The molecule has 0 fully saturated rings. The summed E-state index contributed by atoms with van der Waals surface area (Å²) in [7, 11) is 0. The van der Waals surface area contributed by atoms with Crippen molar-refractivity contribution in [2.45, 2.75) is 131 Å². The van der Waals surface area contributed by atoms with Gasteiger partial charge >= 0.3 is 11.9 Å². The van der Waals surface area contributed by atoms with Crippen LogP contribution in [0.5, 0.6) is 0 Å².